The molecule has 1 atom stereocenters. The lowest BCUT2D eigenvalue weighted by molar-refractivity contribution is -0.201. The number of para-hydroxylation sites is 1. The fourth-order valence-electron chi connectivity index (χ4n) is 2.51. The smallest absolute Gasteiger partial charge is 0.306 e. The Kier molecular flexibility index (Phi) is 3.22. The summed E-state index contributed by atoms with van der Waals surface area (Å²) in [6.07, 6.45) is -0.0341. The van der Waals surface area contributed by atoms with E-state index in [2.05, 4.69) is 0 Å². The van der Waals surface area contributed by atoms with Gasteiger partial charge in [-0.15, -0.1) is 0 Å². The lowest BCUT2D eigenvalue weighted by Crippen LogP contribution is -2.43. The third kappa shape index (κ3) is 2.40. The Balaban J connectivity index is 2.11. The maximum atomic E-state index is 12.4. The minimum atomic E-state index is -1.39. The van der Waals surface area contributed by atoms with E-state index in [0.29, 0.717) is 16.9 Å². The van der Waals surface area contributed by atoms with Crippen molar-refractivity contribution >= 4 is 11.8 Å². The monoisotopic (exact) mass is 282 g/mol. The van der Waals surface area contributed by atoms with Crippen molar-refractivity contribution < 1.29 is 19.1 Å². The van der Waals surface area contributed by atoms with Gasteiger partial charge in [0.2, 0.25) is 0 Å². The third-order valence-corrected chi connectivity index (χ3v) is 3.38. The molecule has 21 heavy (non-hydrogen) atoms. The Labute approximate surface area is 122 Å². The van der Waals surface area contributed by atoms with Gasteiger partial charge < -0.3 is 9.47 Å². The molecule has 0 radical (unpaired) electrons. The number of hydrogen-bond acceptors (Lipinski definition) is 4. The summed E-state index contributed by atoms with van der Waals surface area (Å²) in [5.74, 6) is -1.56. The molecule has 1 heterocycles. The SMILES string of the molecule is CC(=O)O[C@@]1(c2ccccc2)CC(=O)c2ccccc2O1. The molecular formula is C17H14O4. The van der Waals surface area contributed by atoms with Gasteiger partial charge in [-0.3, -0.25) is 9.59 Å². The molecule has 4 heteroatoms. The highest BCUT2D eigenvalue weighted by Gasteiger charge is 2.45. The number of benzene rings is 2. The summed E-state index contributed by atoms with van der Waals surface area (Å²) in [4.78, 5) is 23.9. The maximum absolute atomic E-state index is 12.4. The summed E-state index contributed by atoms with van der Waals surface area (Å²) in [6, 6.07) is 16.0. The Morgan fingerprint density at radius 1 is 1.10 bits per heavy atom. The van der Waals surface area contributed by atoms with Crippen LogP contribution in [0, 0.1) is 0 Å². The summed E-state index contributed by atoms with van der Waals surface area (Å²) < 4.78 is 11.3. The Hall–Kier alpha value is -2.62. The average Bonchev–Trinajstić information content (AvgIpc) is 2.47. The molecule has 0 saturated carbocycles. The molecule has 0 unspecified atom stereocenters. The molecule has 0 bridgehead atoms. The van der Waals surface area contributed by atoms with E-state index in [1.165, 1.54) is 6.92 Å². The molecule has 0 fully saturated rings. The largest absolute Gasteiger partial charge is 0.447 e. The number of carbonyl (C=O) groups excluding carboxylic acids is 2. The summed E-state index contributed by atoms with van der Waals surface area (Å²) in [5.41, 5.74) is 1.15. The zero-order valence-electron chi connectivity index (χ0n) is 11.5. The molecule has 0 N–H and O–H groups in total. The minimum Gasteiger partial charge on any atom is -0.447 e. The van der Waals surface area contributed by atoms with E-state index in [1.807, 2.05) is 18.2 Å². The summed E-state index contributed by atoms with van der Waals surface area (Å²) in [5, 5.41) is 0. The third-order valence-electron chi connectivity index (χ3n) is 3.38. The van der Waals surface area contributed by atoms with Crippen LogP contribution in [0.1, 0.15) is 29.3 Å². The molecule has 1 aliphatic rings. The fraction of sp³-hybridized carbons (Fsp3) is 0.176. The van der Waals surface area contributed by atoms with E-state index < -0.39 is 11.8 Å². The van der Waals surface area contributed by atoms with Crippen LogP contribution in [0.15, 0.2) is 54.6 Å². The van der Waals surface area contributed by atoms with Crippen LogP contribution >= 0.6 is 0 Å². The first kappa shape index (κ1) is 13.4. The first-order valence-corrected chi connectivity index (χ1v) is 6.67. The van der Waals surface area contributed by atoms with Crippen LogP contribution in [-0.4, -0.2) is 11.8 Å². The second-order valence-corrected chi connectivity index (χ2v) is 4.91. The quantitative estimate of drug-likeness (QED) is 0.794. The van der Waals surface area contributed by atoms with Crippen LogP contribution in [0.3, 0.4) is 0 Å². The standard InChI is InChI=1S/C17H14O4/c1-12(18)20-17(13-7-3-2-4-8-13)11-15(19)14-9-5-6-10-16(14)21-17/h2-10H,11H2,1H3/t17-/m0/s1. The molecule has 106 valence electrons. The molecule has 0 amide bonds. The van der Waals surface area contributed by atoms with Crippen molar-refractivity contribution in [3.8, 4) is 5.75 Å². The Bertz CT molecular complexity index is 693. The van der Waals surface area contributed by atoms with Crippen molar-refractivity contribution in [1.29, 1.82) is 0 Å². The van der Waals surface area contributed by atoms with Gasteiger partial charge in [0.15, 0.2) is 5.78 Å². The van der Waals surface area contributed by atoms with Gasteiger partial charge in [0.05, 0.1) is 12.0 Å². The van der Waals surface area contributed by atoms with E-state index >= 15 is 0 Å². The van der Waals surface area contributed by atoms with Crippen molar-refractivity contribution in [2.75, 3.05) is 0 Å². The number of esters is 1. The van der Waals surface area contributed by atoms with Crippen LogP contribution in [0.25, 0.3) is 0 Å². The van der Waals surface area contributed by atoms with Crippen molar-refractivity contribution in [1.82, 2.24) is 0 Å². The molecular weight excluding hydrogens is 268 g/mol. The average molecular weight is 282 g/mol. The number of hydrogen-bond donors (Lipinski definition) is 0. The number of Topliss-reactive ketones (excluding diaryl/α,β-unsaturated/α-hetero) is 1. The number of ketones is 1. The number of rotatable bonds is 2. The molecule has 2 aromatic carbocycles. The van der Waals surface area contributed by atoms with E-state index in [9.17, 15) is 9.59 Å². The molecule has 4 nitrogen and oxygen atoms in total. The minimum absolute atomic E-state index is 0.0341. The zero-order chi connectivity index (χ0) is 14.9. The normalized spacial score (nSPS) is 20.3. The molecule has 0 aliphatic carbocycles. The first-order valence-electron chi connectivity index (χ1n) is 6.67. The summed E-state index contributed by atoms with van der Waals surface area (Å²) >= 11 is 0. The first-order chi connectivity index (χ1) is 10.1. The molecule has 1 aliphatic heterocycles. The van der Waals surface area contributed by atoms with Gasteiger partial charge in [-0.2, -0.15) is 0 Å². The lowest BCUT2D eigenvalue weighted by Gasteiger charge is -2.36. The Morgan fingerprint density at radius 2 is 1.76 bits per heavy atom. The predicted octanol–water partition coefficient (Wildman–Crippen LogP) is 3.07. The van der Waals surface area contributed by atoms with Crippen LogP contribution in [0.4, 0.5) is 0 Å². The Morgan fingerprint density at radius 3 is 2.48 bits per heavy atom. The second kappa shape index (κ2) is 5.05. The van der Waals surface area contributed by atoms with Gasteiger partial charge in [0.25, 0.3) is 5.79 Å². The van der Waals surface area contributed by atoms with Crippen LogP contribution in [0.5, 0.6) is 5.75 Å². The molecule has 0 saturated heterocycles. The van der Waals surface area contributed by atoms with E-state index in [4.69, 9.17) is 9.47 Å². The van der Waals surface area contributed by atoms with Crippen LogP contribution in [0.2, 0.25) is 0 Å². The van der Waals surface area contributed by atoms with Gasteiger partial charge in [0.1, 0.15) is 5.75 Å². The van der Waals surface area contributed by atoms with Crippen LogP contribution in [-0.2, 0) is 15.3 Å². The molecule has 0 aromatic heterocycles. The number of carbonyl (C=O) groups is 2. The van der Waals surface area contributed by atoms with E-state index in [-0.39, 0.29) is 12.2 Å². The predicted molar refractivity (Wildman–Crippen MR) is 75.9 cm³/mol. The van der Waals surface area contributed by atoms with Crippen molar-refractivity contribution in [2.24, 2.45) is 0 Å². The van der Waals surface area contributed by atoms with Crippen molar-refractivity contribution in [2.45, 2.75) is 19.1 Å². The van der Waals surface area contributed by atoms with Gasteiger partial charge in [-0.1, -0.05) is 42.5 Å². The zero-order valence-corrected chi connectivity index (χ0v) is 11.5. The van der Waals surface area contributed by atoms with Gasteiger partial charge >= 0.3 is 5.97 Å². The van der Waals surface area contributed by atoms with Crippen molar-refractivity contribution in [3.63, 3.8) is 0 Å². The highest BCUT2D eigenvalue weighted by molar-refractivity contribution is 6.00. The highest BCUT2D eigenvalue weighted by atomic mass is 16.7. The van der Waals surface area contributed by atoms with E-state index in [0.717, 1.165) is 0 Å². The number of fused-ring (bicyclic) bond motifs is 1. The fourth-order valence-corrected chi connectivity index (χ4v) is 2.51. The molecule has 0 spiro atoms. The second-order valence-electron chi connectivity index (χ2n) is 4.91. The van der Waals surface area contributed by atoms with E-state index in [1.54, 1.807) is 36.4 Å². The maximum Gasteiger partial charge on any atom is 0.306 e. The van der Waals surface area contributed by atoms with Gasteiger partial charge in [-0.25, -0.2) is 0 Å². The van der Waals surface area contributed by atoms with Gasteiger partial charge in [0, 0.05) is 12.5 Å². The molecule has 3 rings (SSSR count). The lowest BCUT2D eigenvalue weighted by atomic mass is 9.93. The number of ether oxygens (including phenoxy) is 2. The summed E-state index contributed by atoms with van der Waals surface area (Å²) in [6.45, 7) is 1.30. The van der Waals surface area contributed by atoms with Gasteiger partial charge in [-0.05, 0) is 12.1 Å². The topological polar surface area (TPSA) is 52.6 Å². The summed E-state index contributed by atoms with van der Waals surface area (Å²) in [7, 11) is 0. The molecule has 2 aromatic rings. The highest BCUT2D eigenvalue weighted by Crippen LogP contribution is 2.40. The van der Waals surface area contributed by atoms with Crippen LogP contribution < -0.4 is 4.74 Å². The van der Waals surface area contributed by atoms with Crippen molar-refractivity contribution in [3.05, 3.63) is 65.7 Å².